The minimum absolute atomic E-state index is 0.103. The van der Waals surface area contributed by atoms with Gasteiger partial charge in [0, 0.05) is 13.0 Å². The number of aromatic nitrogens is 2. The molecule has 142 valence electrons. The monoisotopic (exact) mass is 374 g/mol. The third kappa shape index (κ3) is 3.43. The van der Waals surface area contributed by atoms with Gasteiger partial charge in [-0.2, -0.15) is 0 Å². The van der Waals surface area contributed by atoms with Crippen LogP contribution in [0.1, 0.15) is 23.2 Å². The Kier molecular flexibility index (Phi) is 4.98. The van der Waals surface area contributed by atoms with Gasteiger partial charge in [-0.25, -0.2) is 4.98 Å². The summed E-state index contributed by atoms with van der Waals surface area (Å²) in [5.74, 6) is 1.18. The predicted octanol–water partition coefficient (Wildman–Crippen LogP) is 3.93. The molecule has 0 amide bonds. The van der Waals surface area contributed by atoms with Gasteiger partial charge in [0.2, 0.25) is 0 Å². The molecule has 0 unspecified atom stereocenters. The number of hydrogen-bond acceptors (Lipinski definition) is 4. The van der Waals surface area contributed by atoms with Crippen molar-refractivity contribution in [1.82, 2.24) is 9.55 Å². The van der Waals surface area contributed by atoms with Crippen LogP contribution in [0.2, 0.25) is 0 Å². The molecule has 4 rings (SSSR count). The largest absolute Gasteiger partial charge is 0.507 e. The molecule has 0 spiro atoms. The molecule has 0 radical (unpaired) electrons. The summed E-state index contributed by atoms with van der Waals surface area (Å²) in [5.41, 5.74) is 2.65. The van der Waals surface area contributed by atoms with Crippen molar-refractivity contribution in [2.75, 3.05) is 6.61 Å². The van der Waals surface area contributed by atoms with Crippen molar-refractivity contribution in [1.29, 1.82) is 0 Å². The van der Waals surface area contributed by atoms with Gasteiger partial charge < -0.3 is 9.84 Å². The number of aryl methyl sites for hydroxylation is 2. The fourth-order valence-electron chi connectivity index (χ4n) is 3.50. The Bertz CT molecular complexity index is 1080. The van der Waals surface area contributed by atoms with E-state index in [0.717, 1.165) is 12.0 Å². The maximum absolute atomic E-state index is 13.4. The van der Waals surface area contributed by atoms with Crippen LogP contribution in [0.15, 0.2) is 65.5 Å². The number of para-hydroxylation sites is 1. The standard InChI is InChI=1S/C23H22N2O3/c1-16-21(20-12-7-15-28-20)23(27)25(14-13-17-8-3-2-4-9-17)22(24-16)18-10-5-6-11-19(18)26/h2-6,8-12,26H,7,13-15H2,1H3. The lowest BCUT2D eigenvalue weighted by molar-refractivity contribution is 0.306. The predicted molar refractivity (Wildman–Crippen MR) is 109 cm³/mol. The highest BCUT2D eigenvalue weighted by Crippen LogP contribution is 2.29. The maximum Gasteiger partial charge on any atom is 0.265 e. The Hall–Kier alpha value is -3.34. The van der Waals surface area contributed by atoms with Crippen LogP contribution in [0.5, 0.6) is 5.75 Å². The summed E-state index contributed by atoms with van der Waals surface area (Å²) >= 11 is 0. The summed E-state index contributed by atoms with van der Waals surface area (Å²) < 4.78 is 7.29. The fourth-order valence-corrected chi connectivity index (χ4v) is 3.50. The van der Waals surface area contributed by atoms with Crippen molar-refractivity contribution in [3.05, 3.63) is 87.8 Å². The molecule has 0 atom stereocenters. The molecule has 0 bridgehead atoms. The fraction of sp³-hybridized carbons (Fsp3) is 0.217. The average molecular weight is 374 g/mol. The summed E-state index contributed by atoms with van der Waals surface area (Å²) in [7, 11) is 0. The van der Waals surface area contributed by atoms with Gasteiger partial charge in [0.15, 0.2) is 0 Å². The Balaban J connectivity index is 1.85. The number of hydrogen-bond donors (Lipinski definition) is 1. The van der Waals surface area contributed by atoms with Gasteiger partial charge in [-0.3, -0.25) is 9.36 Å². The summed E-state index contributed by atoms with van der Waals surface area (Å²) in [5, 5.41) is 10.3. The van der Waals surface area contributed by atoms with E-state index in [-0.39, 0.29) is 11.3 Å². The van der Waals surface area contributed by atoms with Gasteiger partial charge in [-0.1, -0.05) is 42.5 Å². The van der Waals surface area contributed by atoms with Gasteiger partial charge in [-0.05, 0) is 37.1 Å². The van der Waals surface area contributed by atoms with E-state index in [0.29, 0.717) is 48.0 Å². The first kappa shape index (κ1) is 18.0. The average Bonchev–Trinajstić information content (AvgIpc) is 3.22. The van der Waals surface area contributed by atoms with Crippen LogP contribution in [0.4, 0.5) is 0 Å². The van der Waals surface area contributed by atoms with Gasteiger partial charge in [0.25, 0.3) is 5.56 Å². The van der Waals surface area contributed by atoms with E-state index < -0.39 is 0 Å². The van der Waals surface area contributed by atoms with E-state index in [9.17, 15) is 9.90 Å². The molecule has 5 heteroatoms. The topological polar surface area (TPSA) is 64.4 Å². The van der Waals surface area contributed by atoms with E-state index in [4.69, 9.17) is 9.72 Å². The number of phenols is 1. The highest BCUT2D eigenvalue weighted by molar-refractivity contribution is 5.67. The minimum atomic E-state index is -0.144. The number of aromatic hydroxyl groups is 1. The molecule has 3 aromatic rings. The first-order chi connectivity index (χ1) is 13.6. The van der Waals surface area contributed by atoms with E-state index in [1.165, 1.54) is 0 Å². The molecule has 1 aliphatic rings. The Morgan fingerprint density at radius 1 is 1.11 bits per heavy atom. The molecule has 0 saturated carbocycles. The summed E-state index contributed by atoms with van der Waals surface area (Å²) in [6, 6.07) is 17.0. The molecule has 28 heavy (non-hydrogen) atoms. The van der Waals surface area contributed by atoms with Crippen molar-refractivity contribution in [2.45, 2.75) is 26.3 Å². The summed E-state index contributed by atoms with van der Waals surface area (Å²) in [4.78, 5) is 18.1. The third-order valence-corrected chi connectivity index (χ3v) is 4.91. The van der Waals surface area contributed by atoms with E-state index >= 15 is 0 Å². The summed E-state index contributed by atoms with van der Waals surface area (Å²) in [6.07, 6.45) is 3.41. The zero-order chi connectivity index (χ0) is 19.5. The second-order valence-electron chi connectivity index (χ2n) is 6.81. The van der Waals surface area contributed by atoms with Gasteiger partial charge in [-0.15, -0.1) is 0 Å². The lowest BCUT2D eigenvalue weighted by atomic mass is 10.1. The van der Waals surface area contributed by atoms with Crippen LogP contribution < -0.4 is 5.56 Å². The number of nitrogens with zero attached hydrogens (tertiary/aromatic N) is 2. The molecule has 0 fully saturated rings. The number of ether oxygens (including phenoxy) is 1. The molecular weight excluding hydrogens is 352 g/mol. The Labute approximate surface area is 163 Å². The van der Waals surface area contributed by atoms with Crippen LogP contribution in [0, 0.1) is 6.92 Å². The molecular formula is C23H22N2O3. The molecule has 1 aromatic heterocycles. The Morgan fingerprint density at radius 2 is 1.86 bits per heavy atom. The summed E-state index contributed by atoms with van der Waals surface area (Å²) in [6.45, 7) is 2.85. The minimum Gasteiger partial charge on any atom is -0.507 e. The van der Waals surface area contributed by atoms with Gasteiger partial charge in [0.1, 0.15) is 22.9 Å². The molecule has 2 aromatic carbocycles. The van der Waals surface area contributed by atoms with E-state index in [1.54, 1.807) is 22.8 Å². The first-order valence-corrected chi connectivity index (χ1v) is 9.42. The molecule has 0 aliphatic carbocycles. The van der Waals surface area contributed by atoms with Gasteiger partial charge in [0.05, 0.1) is 17.9 Å². The van der Waals surface area contributed by atoms with E-state index in [2.05, 4.69) is 0 Å². The smallest absolute Gasteiger partial charge is 0.265 e. The zero-order valence-electron chi connectivity index (χ0n) is 15.8. The van der Waals surface area contributed by atoms with Crippen molar-refractivity contribution in [3.63, 3.8) is 0 Å². The number of rotatable bonds is 5. The Morgan fingerprint density at radius 3 is 2.57 bits per heavy atom. The quantitative estimate of drug-likeness (QED) is 0.735. The highest BCUT2D eigenvalue weighted by atomic mass is 16.5. The van der Waals surface area contributed by atoms with Crippen LogP contribution in [0.25, 0.3) is 17.1 Å². The third-order valence-electron chi connectivity index (χ3n) is 4.91. The second kappa shape index (κ2) is 7.72. The van der Waals surface area contributed by atoms with Crippen molar-refractivity contribution < 1.29 is 9.84 Å². The SMILES string of the molecule is Cc1nc(-c2ccccc2O)n(CCc2ccccc2)c(=O)c1C1=CCCO1. The molecule has 5 nitrogen and oxygen atoms in total. The maximum atomic E-state index is 13.4. The lowest BCUT2D eigenvalue weighted by Crippen LogP contribution is -2.28. The van der Waals surface area contributed by atoms with Crippen LogP contribution in [-0.2, 0) is 17.7 Å². The molecule has 0 saturated heterocycles. The molecule has 1 N–H and O–H groups in total. The van der Waals surface area contributed by atoms with Crippen LogP contribution in [-0.4, -0.2) is 21.3 Å². The second-order valence-corrected chi connectivity index (χ2v) is 6.81. The lowest BCUT2D eigenvalue weighted by Gasteiger charge is -2.17. The van der Waals surface area contributed by atoms with Gasteiger partial charge >= 0.3 is 0 Å². The zero-order valence-corrected chi connectivity index (χ0v) is 15.8. The van der Waals surface area contributed by atoms with Crippen LogP contribution in [0.3, 0.4) is 0 Å². The molecule has 1 aliphatic heterocycles. The molecule has 2 heterocycles. The van der Waals surface area contributed by atoms with Crippen molar-refractivity contribution in [3.8, 4) is 17.1 Å². The number of phenolic OH excluding ortho intramolecular Hbond substituents is 1. The highest BCUT2D eigenvalue weighted by Gasteiger charge is 2.22. The number of benzene rings is 2. The van der Waals surface area contributed by atoms with Crippen molar-refractivity contribution in [2.24, 2.45) is 0 Å². The van der Waals surface area contributed by atoms with Crippen LogP contribution >= 0.6 is 0 Å². The van der Waals surface area contributed by atoms with Crippen molar-refractivity contribution >= 4 is 5.76 Å². The first-order valence-electron chi connectivity index (χ1n) is 9.42. The normalized spacial score (nSPS) is 13.2. The van der Waals surface area contributed by atoms with E-state index in [1.807, 2.05) is 49.4 Å².